The Kier molecular flexibility index (Phi) is 6.07. The van der Waals surface area contributed by atoms with E-state index in [1.807, 2.05) is 12.1 Å². The van der Waals surface area contributed by atoms with Crippen molar-refractivity contribution in [2.45, 2.75) is 32.1 Å². The Morgan fingerprint density at radius 3 is 2.07 bits per heavy atom. The molecule has 1 rings (SSSR count). The second kappa shape index (κ2) is 7.10. The molecule has 2 N–H and O–H groups in total. The molecule has 0 radical (unpaired) electrons. The van der Waals surface area contributed by atoms with Crippen molar-refractivity contribution in [1.82, 2.24) is 0 Å². The van der Waals surface area contributed by atoms with Crippen molar-refractivity contribution >= 4 is 23.2 Å². The second-order valence-electron chi connectivity index (χ2n) is 3.73. The number of rotatable bonds is 6. The number of hydrogen-bond acceptors (Lipinski definition) is 1. The average molecular weight is 246 g/mol. The normalized spacial score (nSPS) is 10.6. The Morgan fingerprint density at radius 2 is 1.47 bits per heavy atom. The molecule has 15 heavy (non-hydrogen) atoms. The van der Waals surface area contributed by atoms with Gasteiger partial charge in [0.25, 0.3) is 0 Å². The van der Waals surface area contributed by atoms with Gasteiger partial charge in [-0.2, -0.15) is 0 Å². The third kappa shape index (κ3) is 5.41. The van der Waals surface area contributed by atoms with Gasteiger partial charge in [0.15, 0.2) is 0 Å². The van der Waals surface area contributed by atoms with E-state index in [9.17, 15) is 0 Å². The number of aryl methyl sites for hydroxylation is 1. The molecule has 1 aromatic carbocycles. The van der Waals surface area contributed by atoms with E-state index in [1.165, 1.54) is 24.8 Å². The molecule has 1 aromatic rings. The number of nitrogens with two attached hydrogens (primary N) is 1. The van der Waals surface area contributed by atoms with Gasteiger partial charge in [-0.15, -0.1) is 0 Å². The van der Waals surface area contributed by atoms with Crippen molar-refractivity contribution in [3.63, 3.8) is 0 Å². The van der Waals surface area contributed by atoms with Crippen molar-refractivity contribution < 1.29 is 0 Å². The summed E-state index contributed by atoms with van der Waals surface area (Å²) in [7, 11) is 0. The van der Waals surface area contributed by atoms with Crippen LogP contribution in [0.4, 0.5) is 0 Å². The van der Waals surface area contributed by atoms with Crippen molar-refractivity contribution in [2.75, 3.05) is 6.54 Å². The molecule has 0 aliphatic heterocycles. The molecule has 0 atom stereocenters. The van der Waals surface area contributed by atoms with Crippen LogP contribution in [-0.4, -0.2) is 6.54 Å². The summed E-state index contributed by atoms with van der Waals surface area (Å²) in [6.45, 7) is 0.795. The highest BCUT2D eigenvalue weighted by atomic mass is 35.5. The molecular formula is C12H17Cl2N. The lowest BCUT2D eigenvalue weighted by Crippen LogP contribution is -1.97. The van der Waals surface area contributed by atoms with Gasteiger partial charge in [-0.3, -0.25) is 0 Å². The van der Waals surface area contributed by atoms with Crippen LogP contribution in [0.2, 0.25) is 10.0 Å². The monoisotopic (exact) mass is 245 g/mol. The molecule has 84 valence electrons. The number of halogens is 2. The molecule has 1 nitrogen and oxygen atoms in total. The molecule has 0 unspecified atom stereocenters. The minimum atomic E-state index is 0.722. The van der Waals surface area contributed by atoms with E-state index in [0.717, 1.165) is 29.4 Å². The zero-order valence-corrected chi connectivity index (χ0v) is 10.3. The molecule has 0 spiro atoms. The molecular weight excluding hydrogens is 229 g/mol. The van der Waals surface area contributed by atoms with Crippen molar-refractivity contribution in [2.24, 2.45) is 5.73 Å². The first-order valence-electron chi connectivity index (χ1n) is 5.37. The van der Waals surface area contributed by atoms with Gasteiger partial charge in [0.2, 0.25) is 0 Å². The van der Waals surface area contributed by atoms with Gasteiger partial charge in [0.05, 0.1) is 0 Å². The predicted octanol–water partition coefficient (Wildman–Crippen LogP) is 4.06. The Balaban J connectivity index is 2.31. The lowest BCUT2D eigenvalue weighted by Gasteiger charge is -2.03. The fourth-order valence-corrected chi connectivity index (χ4v) is 2.15. The van der Waals surface area contributed by atoms with Gasteiger partial charge in [-0.1, -0.05) is 36.0 Å². The van der Waals surface area contributed by atoms with E-state index < -0.39 is 0 Å². The second-order valence-corrected chi connectivity index (χ2v) is 4.60. The summed E-state index contributed by atoms with van der Waals surface area (Å²) < 4.78 is 0. The maximum absolute atomic E-state index is 5.91. The summed E-state index contributed by atoms with van der Waals surface area (Å²) in [5.74, 6) is 0. The maximum Gasteiger partial charge on any atom is 0.0423 e. The summed E-state index contributed by atoms with van der Waals surface area (Å²) in [6.07, 6.45) is 5.78. The summed E-state index contributed by atoms with van der Waals surface area (Å²) in [5, 5.41) is 1.44. The fourth-order valence-electron chi connectivity index (χ4n) is 1.58. The van der Waals surface area contributed by atoms with Crippen LogP contribution in [0.3, 0.4) is 0 Å². The molecule has 3 heteroatoms. The topological polar surface area (TPSA) is 26.0 Å². The SMILES string of the molecule is NCCCCCCc1cc(Cl)cc(Cl)c1. The van der Waals surface area contributed by atoms with Crippen LogP contribution in [0, 0.1) is 0 Å². The molecule has 0 amide bonds. The first-order chi connectivity index (χ1) is 7.22. The van der Waals surface area contributed by atoms with Gasteiger partial charge in [-0.05, 0) is 49.6 Å². The quantitative estimate of drug-likeness (QED) is 0.752. The van der Waals surface area contributed by atoms with Crippen LogP contribution in [0.5, 0.6) is 0 Å². The van der Waals surface area contributed by atoms with Crippen LogP contribution < -0.4 is 5.73 Å². The van der Waals surface area contributed by atoms with E-state index in [0.29, 0.717) is 0 Å². The maximum atomic E-state index is 5.91. The first kappa shape index (κ1) is 12.8. The summed E-state index contributed by atoms with van der Waals surface area (Å²) >= 11 is 11.8. The van der Waals surface area contributed by atoms with Crippen molar-refractivity contribution in [3.05, 3.63) is 33.8 Å². The zero-order valence-electron chi connectivity index (χ0n) is 8.81. The van der Waals surface area contributed by atoms with Crippen LogP contribution in [0.25, 0.3) is 0 Å². The number of hydrogen-bond donors (Lipinski definition) is 1. The molecule has 0 heterocycles. The smallest absolute Gasteiger partial charge is 0.0423 e. The molecule has 0 bridgehead atoms. The summed E-state index contributed by atoms with van der Waals surface area (Å²) in [4.78, 5) is 0. The van der Waals surface area contributed by atoms with E-state index in [2.05, 4.69) is 0 Å². The molecule has 0 saturated carbocycles. The van der Waals surface area contributed by atoms with E-state index in [-0.39, 0.29) is 0 Å². The Hall–Kier alpha value is -0.240. The van der Waals surface area contributed by atoms with Gasteiger partial charge in [0, 0.05) is 10.0 Å². The Morgan fingerprint density at radius 1 is 0.867 bits per heavy atom. The van der Waals surface area contributed by atoms with E-state index in [4.69, 9.17) is 28.9 Å². The van der Waals surface area contributed by atoms with Crippen LogP contribution in [0.15, 0.2) is 18.2 Å². The molecule has 0 aromatic heterocycles. The highest BCUT2D eigenvalue weighted by molar-refractivity contribution is 6.34. The minimum Gasteiger partial charge on any atom is -0.330 e. The highest BCUT2D eigenvalue weighted by Gasteiger charge is 1.98. The largest absolute Gasteiger partial charge is 0.330 e. The molecule has 0 aliphatic carbocycles. The van der Waals surface area contributed by atoms with E-state index in [1.54, 1.807) is 6.07 Å². The molecule has 0 fully saturated rings. The highest BCUT2D eigenvalue weighted by Crippen LogP contribution is 2.20. The fraction of sp³-hybridized carbons (Fsp3) is 0.500. The Labute approximate surface area is 102 Å². The van der Waals surface area contributed by atoms with Gasteiger partial charge in [-0.25, -0.2) is 0 Å². The van der Waals surface area contributed by atoms with Gasteiger partial charge < -0.3 is 5.73 Å². The van der Waals surface area contributed by atoms with Crippen LogP contribution >= 0.6 is 23.2 Å². The predicted molar refractivity (Wildman–Crippen MR) is 67.7 cm³/mol. The molecule has 0 saturated heterocycles. The number of unbranched alkanes of at least 4 members (excludes halogenated alkanes) is 3. The third-order valence-electron chi connectivity index (χ3n) is 2.34. The van der Waals surface area contributed by atoms with Gasteiger partial charge in [0.1, 0.15) is 0 Å². The summed E-state index contributed by atoms with van der Waals surface area (Å²) in [5.41, 5.74) is 6.65. The van der Waals surface area contributed by atoms with Crippen molar-refractivity contribution in [3.8, 4) is 0 Å². The average Bonchev–Trinajstić information content (AvgIpc) is 2.16. The van der Waals surface area contributed by atoms with E-state index >= 15 is 0 Å². The molecule has 0 aliphatic rings. The number of benzene rings is 1. The van der Waals surface area contributed by atoms with Crippen LogP contribution in [0.1, 0.15) is 31.2 Å². The standard InChI is InChI=1S/C12H17Cl2N/c13-11-7-10(8-12(14)9-11)5-3-1-2-4-6-15/h7-9H,1-6,15H2. The minimum absolute atomic E-state index is 0.722. The van der Waals surface area contributed by atoms with Gasteiger partial charge >= 0.3 is 0 Å². The lowest BCUT2D eigenvalue weighted by molar-refractivity contribution is 0.647. The third-order valence-corrected chi connectivity index (χ3v) is 2.78. The Bertz CT molecular complexity index is 279. The van der Waals surface area contributed by atoms with Crippen LogP contribution in [-0.2, 0) is 6.42 Å². The summed E-state index contributed by atoms with van der Waals surface area (Å²) in [6, 6.07) is 5.73. The zero-order chi connectivity index (χ0) is 11.1. The first-order valence-corrected chi connectivity index (χ1v) is 6.13. The lowest BCUT2D eigenvalue weighted by atomic mass is 10.1. The van der Waals surface area contributed by atoms with Crippen molar-refractivity contribution in [1.29, 1.82) is 0 Å².